The molecule has 0 aliphatic rings. The van der Waals surface area contributed by atoms with Crippen LogP contribution in [0.3, 0.4) is 0 Å². The number of benzene rings is 3. The van der Waals surface area contributed by atoms with Gasteiger partial charge in [0.1, 0.15) is 22.8 Å². The first-order valence-corrected chi connectivity index (χ1v) is 11.2. The van der Waals surface area contributed by atoms with Crippen molar-refractivity contribution in [2.24, 2.45) is 0 Å². The maximum absolute atomic E-state index is 11.5. The van der Waals surface area contributed by atoms with E-state index < -0.39 is 5.97 Å². The number of anilines is 1. The van der Waals surface area contributed by atoms with Gasteiger partial charge in [0.2, 0.25) is 0 Å². The number of para-hydroxylation sites is 1. The summed E-state index contributed by atoms with van der Waals surface area (Å²) in [5, 5.41) is 9.40. The predicted molar refractivity (Wildman–Crippen MR) is 140 cm³/mol. The molecule has 0 saturated heterocycles. The zero-order valence-electron chi connectivity index (χ0n) is 21.1. The van der Waals surface area contributed by atoms with Crippen molar-refractivity contribution in [3.05, 3.63) is 83.4 Å². The van der Waals surface area contributed by atoms with Gasteiger partial charge in [0, 0.05) is 5.56 Å². The summed E-state index contributed by atoms with van der Waals surface area (Å²) in [4.78, 5) is 11.5. The van der Waals surface area contributed by atoms with Gasteiger partial charge in [-0.05, 0) is 67.6 Å². The standard InChI is InChI=1S/C24H25NO4.C5H10/c1-24(2,3)18-7-5-6-8-21(18)29-22-12-10-16(14-19(22)25)15-9-11-20(28-4)17(13-15)23(26)27;1-4-5(2)3/h5-14H,25H2,1-4H3,(H,26,27);4H,1-3H3. The molecule has 0 saturated carbocycles. The lowest BCUT2D eigenvalue weighted by Crippen LogP contribution is -2.12. The molecule has 0 amide bonds. The number of carbonyl (C=O) groups is 1. The Morgan fingerprint density at radius 3 is 1.97 bits per heavy atom. The summed E-state index contributed by atoms with van der Waals surface area (Å²) in [7, 11) is 1.45. The Labute approximate surface area is 202 Å². The zero-order chi connectivity index (χ0) is 25.5. The van der Waals surface area contributed by atoms with Crippen LogP contribution in [0.5, 0.6) is 17.2 Å². The van der Waals surface area contributed by atoms with E-state index in [1.165, 1.54) is 12.7 Å². The van der Waals surface area contributed by atoms with E-state index >= 15 is 0 Å². The number of carboxylic acid groups (broad SMARTS) is 1. The molecule has 0 atom stereocenters. The summed E-state index contributed by atoms with van der Waals surface area (Å²) >= 11 is 0. The van der Waals surface area contributed by atoms with Gasteiger partial charge in [0.05, 0.1) is 12.8 Å². The third-order valence-corrected chi connectivity index (χ3v) is 5.27. The molecule has 0 heterocycles. The highest BCUT2D eigenvalue weighted by Gasteiger charge is 2.19. The number of hydrogen-bond donors (Lipinski definition) is 2. The van der Waals surface area contributed by atoms with E-state index in [1.807, 2.05) is 37.3 Å². The Morgan fingerprint density at radius 2 is 1.47 bits per heavy atom. The molecule has 3 N–H and O–H groups in total. The molecule has 3 rings (SSSR count). The molecular formula is C29H35NO4. The van der Waals surface area contributed by atoms with Gasteiger partial charge in [-0.2, -0.15) is 0 Å². The summed E-state index contributed by atoms with van der Waals surface area (Å²) in [6, 6.07) is 18.3. The Morgan fingerprint density at radius 1 is 0.912 bits per heavy atom. The summed E-state index contributed by atoms with van der Waals surface area (Å²) in [5.74, 6) is 0.581. The molecule has 0 aliphatic carbocycles. The monoisotopic (exact) mass is 461 g/mol. The van der Waals surface area contributed by atoms with Crippen molar-refractivity contribution < 1.29 is 19.4 Å². The minimum Gasteiger partial charge on any atom is -0.496 e. The molecule has 0 unspecified atom stereocenters. The second-order valence-corrected chi connectivity index (χ2v) is 9.19. The summed E-state index contributed by atoms with van der Waals surface area (Å²) in [6.07, 6.45) is 2.08. The van der Waals surface area contributed by atoms with Crippen LogP contribution in [-0.2, 0) is 5.41 Å². The smallest absolute Gasteiger partial charge is 0.339 e. The van der Waals surface area contributed by atoms with Crippen LogP contribution in [-0.4, -0.2) is 18.2 Å². The van der Waals surface area contributed by atoms with Crippen LogP contribution in [0.1, 0.15) is 57.5 Å². The maximum Gasteiger partial charge on any atom is 0.339 e. The van der Waals surface area contributed by atoms with Crippen molar-refractivity contribution in [2.75, 3.05) is 12.8 Å². The fourth-order valence-electron chi connectivity index (χ4n) is 3.17. The van der Waals surface area contributed by atoms with E-state index in [2.05, 4.69) is 40.7 Å². The molecule has 3 aromatic rings. The van der Waals surface area contributed by atoms with Crippen molar-refractivity contribution in [3.8, 4) is 28.4 Å². The minimum atomic E-state index is -1.05. The van der Waals surface area contributed by atoms with Crippen LogP contribution in [0.2, 0.25) is 0 Å². The quantitative estimate of drug-likeness (QED) is 0.300. The molecule has 5 nitrogen and oxygen atoms in total. The third kappa shape index (κ3) is 6.88. The number of nitrogen functional groups attached to an aromatic ring is 1. The summed E-state index contributed by atoms with van der Waals surface area (Å²) in [5.41, 5.74) is 10.8. The lowest BCUT2D eigenvalue weighted by Gasteiger charge is -2.23. The first-order chi connectivity index (χ1) is 16.0. The fraction of sp³-hybridized carbons (Fsp3) is 0.276. The highest BCUT2D eigenvalue weighted by molar-refractivity contribution is 5.93. The lowest BCUT2D eigenvalue weighted by molar-refractivity contribution is 0.0693. The number of aromatic carboxylic acids is 1. The molecule has 5 heteroatoms. The van der Waals surface area contributed by atoms with Gasteiger partial charge in [-0.25, -0.2) is 4.79 Å². The van der Waals surface area contributed by atoms with Crippen molar-refractivity contribution >= 4 is 11.7 Å². The van der Waals surface area contributed by atoms with Crippen LogP contribution in [0.25, 0.3) is 11.1 Å². The van der Waals surface area contributed by atoms with E-state index in [0.717, 1.165) is 22.4 Å². The zero-order valence-corrected chi connectivity index (χ0v) is 21.1. The van der Waals surface area contributed by atoms with E-state index in [0.29, 0.717) is 17.2 Å². The largest absolute Gasteiger partial charge is 0.496 e. The summed E-state index contributed by atoms with van der Waals surface area (Å²) in [6.45, 7) is 12.6. The van der Waals surface area contributed by atoms with Crippen molar-refractivity contribution in [2.45, 2.75) is 47.0 Å². The minimum absolute atomic E-state index is 0.0678. The lowest BCUT2D eigenvalue weighted by atomic mass is 9.86. The molecular weight excluding hydrogens is 426 g/mol. The number of methoxy groups -OCH3 is 1. The summed E-state index contributed by atoms with van der Waals surface area (Å²) < 4.78 is 11.2. The SMILES string of the molecule is CC=C(C)C.COc1ccc(-c2ccc(Oc3ccccc3C(C)(C)C)c(N)c2)cc1C(=O)O. The average molecular weight is 462 g/mol. The molecule has 180 valence electrons. The fourth-order valence-corrected chi connectivity index (χ4v) is 3.17. The Kier molecular flexibility index (Phi) is 8.90. The third-order valence-electron chi connectivity index (χ3n) is 5.27. The van der Waals surface area contributed by atoms with Crippen LogP contribution in [0.4, 0.5) is 5.69 Å². The Bertz CT molecular complexity index is 1170. The molecule has 0 bridgehead atoms. The van der Waals surface area contributed by atoms with Crippen LogP contribution in [0, 0.1) is 0 Å². The topological polar surface area (TPSA) is 81.8 Å². The second-order valence-electron chi connectivity index (χ2n) is 9.19. The number of rotatable bonds is 5. The van der Waals surface area contributed by atoms with Gasteiger partial charge in [0.15, 0.2) is 0 Å². The van der Waals surface area contributed by atoms with Crippen LogP contribution >= 0.6 is 0 Å². The Hall–Kier alpha value is -3.73. The highest BCUT2D eigenvalue weighted by Crippen LogP contribution is 2.37. The highest BCUT2D eigenvalue weighted by atomic mass is 16.5. The van der Waals surface area contributed by atoms with Crippen LogP contribution < -0.4 is 15.2 Å². The molecule has 0 radical (unpaired) electrons. The maximum atomic E-state index is 11.5. The number of hydrogen-bond acceptors (Lipinski definition) is 4. The molecule has 0 aliphatic heterocycles. The van der Waals surface area contributed by atoms with E-state index in [4.69, 9.17) is 15.2 Å². The molecule has 34 heavy (non-hydrogen) atoms. The first-order valence-electron chi connectivity index (χ1n) is 11.2. The van der Waals surface area contributed by atoms with Crippen molar-refractivity contribution in [3.63, 3.8) is 0 Å². The van der Waals surface area contributed by atoms with Gasteiger partial charge in [0.25, 0.3) is 0 Å². The van der Waals surface area contributed by atoms with Gasteiger partial charge >= 0.3 is 5.97 Å². The number of nitrogens with two attached hydrogens (primary N) is 1. The van der Waals surface area contributed by atoms with Gasteiger partial charge < -0.3 is 20.3 Å². The second kappa shape index (κ2) is 11.4. The van der Waals surface area contributed by atoms with E-state index in [-0.39, 0.29) is 11.0 Å². The van der Waals surface area contributed by atoms with Gasteiger partial charge in [-0.1, -0.05) is 62.8 Å². The predicted octanol–water partition coefficient (Wildman–Crippen LogP) is 7.70. The average Bonchev–Trinajstić information content (AvgIpc) is 2.80. The molecule has 3 aromatic carbocycles. The number of ether oxygens (including phenoxy) is 2. The normalized spacial score (nSPS) is 10.6. The van der Waals surface area contributed by atoms with Crippen molar-refractivity contribution in [1.29, 1.82) is 0 Å². The van der Waals surface area contributed by atoms with Crippen molar-refractivity contribution in [1.82, 2.24) is 0 Å². The molecule has 0 aromatic heterocycles. The first kappa shape index (κ1) is 26.5. The van der Waals surface area contributed by atoms with Gasteiger partial charge in [-0.3, -0.25) is 0 Å². The van der Waals surface area contributed by atoms with E-state index in [1.54, 1.807) is 30.3 Å². The number of carboxylic acids is 1. The molecule has 0 spiro atoms. The van der Waals surface area contributed by atoms with Crippen LogP contribution in [0.15, 0.2) is 72.3 Å². The molecule has 0 fully saturated rings. The van der Waals surface area contributed by atoms with Gasteiger partial charge in [-0.15, -0.1) is 0 Å². The number of allylic oxidation sites excluding steroid dienone is 2. The van der Waals surface area contributed by atoms with E-state index in [9.17, 15) is 9.90 Å². The Balaban J connectivity index is 0.000000739.